The van der Waals surface area contributed by atoms with Crippen LogP contribution in [0.15, 0.2) is 48.7 Å². The number of aliphatic hydroxyl groups excluding tert-OH is 1. The van der Waals surface area contributed by atoms with Crippen LogP contribution in [0.3, 0.4) is 0 Å². The van der Waals surface area contributed by atoms with Crippen LogP contribution < -0.4 is 11.1 Å². The number of rotatable bonds is 5. The Balaban J connectivity index is 0.00000109. The maximum Gasteiger partial charge on any atom is 0.254 e. The minimum absolute atomic E-state index is 0.0697. The number of nitrogens with two attached hydrogens (primary N) is 1. The van der Waals surface area contributed by atoms with E-state index in [2.05, 4.69) is 28.1 Å². The molecule has 1 amide bonds. The van der Waals surface area contributed by atoms with E-state index in [4.69, 9.17) is 17.3 Å². The number of terminal acetylenes is 1. The van der Waals surface area contributed by atoms with Gasteiger partial charge < -0.3 is 16.2 Å². The summed E-state index contributed by atoms with van der Waals surface area (Å²) in [4.78, 5) is 21.4. The van der Waals surface area contributed by atoms with Gasteiger partial charge in [0.25, 0.3) is 5.91 Å². The van der Waals surface area contributed by atoms with Crippen molar-refractivity contribution in [2.45, 2.75) is 58.1 Å². The molecule has 0 bridgehead atoms. The SMILES string of the molecule is C#C.CC.Nc1ncc(C2CCC(O)CC2)nc1-c1ccc(C(=O)NCc2cccc(Cl)c2)c(F)c1. The first-order valence-electron chi connectivity index (χ1n) is 11.9. The van der Waals surface area contributed by atoms with Crippen molar-refractivity contribution in [3.05, 3.63) is 76.3 Å². The Morgan fingerprint density at radius 3 is 2.50 bits per heavy atom. The average Bonchev–Trinajstić information content (AvgIpc) is 2.90. The Bertz CT molecular complexity index is 1180. The molecule has 1 saturated carbocycles. The van der Waals surface area contributed by atoms with E-state index in [0.717, 1.165) is 36.9 Å². The van der Waals surface area contributed by atoms with Crippen LogP contribution >= 0.6 is 11.6 Å². The lowest BCUT2D eigenvalue weighted by Crippen LogP contribution is -2.23. The van der Waals surface area contributed by atoms with E-state index in [9.17, 15) is 14.3 Å². The van der Waals surface area contributed by atoms with E-state index in [0.29, 0.717) is 16.3 Å². The number of aromatic nitrogens is 2. The molecule has 3 aromatic rings. The van der Waals surface area contributed by atoms with E-state index in [1.54, 1.807) is 30.5 Å². The van der Waals surface area contributed by atoms with Crippen LogP contribution in [0, 0.1) is 18.7 Å². The zero-order valence-electron chi connectivity index (χ0n) is 20.5. The molecular weight excluding hydrogens is 479 g/mol. The molecule has 4 N–H and O–H groups in total. The van der Waals surface area contributed by atoms with E-state index in [1.165, 1.54) is 12.1 Å². The fourth-order valence-corrected chi connectivity index (χ4v) is 4.18. The van der Waals surface area contributed by atoms with Crippen molar-refractivity contribution in [3.8, 4) is 24.1 Å². The number of halogens is 2. The Morgan fingerprint density at radius 1 is 1.17 bits per heavy atom. The van der Waals surface area contributed by atoms with Crippen LogP contribution in [0.4, 0.5) is 10.2 Å². The number of anilines is 1. The van der Waals surface area contributed by atoms with E-state index < -0.39 is 11.7 Å². The van der Waals surface area contributed by atoms with Crippen molar-refractivity contribution in [1.29, 1.82) is 0 Å². The van der Waals surface area contributed by atoms with Crippen molar-refractivity contribution in [1.82, 2.24) is 15.3 Å². The molecule has 0 aliphatic heterocycles. The van der Waals surface area contributed by atoms with Gasteiger partial charge in [-0.25, -0.2) is 14.4 Å². The summed E-state index contributed by atoms with van der Waals surface area (Å²) < 4.78 is 14.8. The first-order chi connectivity index (χ1) is 17.4. The standard InChI is InChI=1S/C24H24ClFN4O2.C2H6.C2H2/c25-17-3-1-2-14(10-17)12-29-24(32)19-9-6-16(11-20(19)26)22-23(27)28-13-21(30-22)15-4-7-18(31)8-5-15;2*1-2/h1-3,6,9-11,13,15,18,31H,4-5,7-8,12H2,(H2,27,28)(H,29,32);1-2H3;1-2H. The van der Waals surface area contributed by atoms with Gasteiger partial charge >= 0.3 is 0 Å². The van der Waals surface area contributed by atoms with E-state index in [-0.39, 0.29) is 29.9 Å². The highest BCUT2D eigenvalue weighted by Crippen LogP contribution is 2.33. The molecule has 1 aliphatic rings. The third-order valence-electron chi connectivity index (χ3n) is 5.76. The fraction of sp³-hybridized carbons (Fsp3) is 0.321. The molecule has 0 atom stereocenters. The van der Waals surface area contributed by atoms with Gasteiger partial charge in [-0.15, -0.1) is 12.8 Å². The summed E-state index contributed by atoms with van der Waals surface area (Å²) in [7, 11) is 0. The smallest absolute Gasteiger partial charge is 0.254 e. The monoisotopic (exact) mass is 510 g/mol. The Kier molecular flexibility index (Phi) is 11.3. The minimum Gasteiger partial charge on any atom is -0.393 e. The normalized spacial score (nSPS) is 16.5. The molecule has 2 aromatic carbocycles. The minimum atomic E-state index is -0.668. The van der Waals surface area contributed by atoms with Crippen LogP contribution in [0.5, 0.6) is 0 Å². The van der Waals surface area contributed by atoms with Crippen LogP contribution in [-0.4, -0.2) is 27.1 Å². The van der Waals surface area contributed by atoms with Gasteiger partial charge in [0.15, 0.2) is 0 Å². The van der Waals surface area contributed by atoms with Gasteiger partial charge in [0, 0.05) is 23.0 Å². The topological polar surface area (TPSA) is 101 Å². The molecule has 8 heteroatoms. The number of amides is 1. The summed E-state index contributed by atoms with van der Waals surface area (Å²) in [6.45, 7) is 4.23. The van der Waals surface area contributed by atoms with Gasteiger partial charge in [0.2, 0.25) is 0 Å². The molecule has 6 nitrogen and oxygen atoms in total. The lowest BCUT2D eigenvalue weighted by Gasteiger charge is -2.25. The number of nitrogen functional groups attached to an aromatic ring is 1. The number of hydrogen-bond donors (Lipinski definition) is 3. The second-order valence-electron chi connectivity index (χ2n) is 8.04. The Morgan fingerprint density at radius 2 is 1.86 bits per heavy atom. The highest BCUT2D eigenvalue weighted by molar-refractivity contribution is 6.30. The molecule has 36 heavy (non-hydrogen) atoms. The fourth-order valence-electron chi connectivity index (χ4n) is 3.96. The summed E-state index contributed by atoms with van der Waals surface area (Å²) in [5.74, 6) is -0.810. The summed E-state index contributed by atoms with van der Waals surface area (Å²) >= 11 is 5.95. The van der Waals surface area contributed by atoms with Gasteiger partial charge in [0.1, 0.15) is 17.3 Å². The Labute approximate surface area is 217 Å². The maximum absolute atomic E-state index is 14.8. The molecule has 4 rings (SSSR count). The van der Waals surface area contributed by atoms with Crippen LogP contribution in [0.25, 0.3) is 11.3 Å². The summed E-state index contributed by atoms with van der Waals surface area (Å²) in [6, 6.07) is 11.4. The van der Waals surface area contributed by atoms with Gasteiger partial charge in [0.05, 0.1) is 23.6 Å². The van der Waals surface area contributed by atoms with Gasteiger partial charge in [-0.1, -0.05) is 43.6 Å². The number of benzene rings is 2. The largest absolute Gasteiger partial charge is 0.393 e. The van der Waals surface area contributed by atoms with E-state index >= 15 is 0 Å². The third kappa shape index (κ3) is 7.51. The predicted molar refractivity (Wildman–Crippen MR) is 143 cm³/mol. The number of aliphatic hydroxyl groups is 1. The molecule has 1 aliphatic carbocycles. The zero-order chi connectivity index (χ0) is 26.7. The molecule has 0 radical (unpaired) electrons. The Hall–Kier alpha value is -3.47. The van der Waals surface area contributed by atoms with Crippen LogP contribution in [-0.2, 0) is 6.54 Å². The summed E-state index contributed by atoms with van der Waals surface area (Å²) in [5.41, 5.74) is 8.39. The molecular formula is C28H32ClFN4O2. The molecule has 1 fully saturated rings. The van der Waals surface area contributed by atoms with Crippen molar-refractivity contribution in [2.24, 2.45) is 0 Å². The van der Waals surface area contributed by atoms with Crippen molar-refractivity contribution < 1.29 is 14.3 Å². The lowest BCUT2D eigenvalue weighted by molar-refractivity contribution is 0.0947. The number of nitrogens with zero attached hydrogens (tertiary/aromatic N) is 2. The number of nitrogens with one attached hydrogen (secondary N) is 1. The van der Waals surface area contributed by atoms with Crippen molar-refractivity contribution in [3.63, 3.8) is 0 Å². The molecule has 190 valence electrons. The lowest BCUT2D eigenvalue weighted by atomic mass is 9.85. The highest BCUT2D eigenvalue weighted by atomic mass is 35.5. The highest BCUT2D eigenvalue weighted by Gasteiger charge is 2.23. The summed E-state index contributed by atoms with van der Waals surface area (Å²) in [6.07, 6.45) is 12.5. The first kappa shape index (κ1) is 28.8. The second kappa shape index (κ2) is 14.2. The maximum atomic E-state index is 14.8. The zero-order valence-corrected chi connectivity index (χ0v) is 21.3. The number of hydrogen-bond acceptors (Lipinski definition) is 5. The molecule has 0 unspecified atom stereocenters. The number of carbonyl (C=O) groups excluding carboxylic acids is 1. The van der Waals surface area contributed by atoms with Gasteiger partial charge in [-0.2, -0.15) is 0 Å². The number of carbonyl (C=O) groups is 1. The average molecular weight is 511 g/mol. The van der Waals surface area contributed by atoms with E-state index in [1.807, 2.05) is 19.9 Å². The van der Waals surface area contributed by atoms with Crippen LogP contribution in [0.1, 0.15) is 67.1 Å². The second-order valence-corrected chi connectivity index (χ2v) is 8.48. The van der Waals surface area contributed by atoms with Gasteiger partial charge in [-0.3, -0.25) is 4.79 Å². The van der Waals surface area contributed by atoms with Crippen molar-refractivity contribution >= 4 is 23.3 Å². The van der Waals surface area contributed by atoms with Gasteiger partial charge in [-0.05, 0) is 55.5 Å². The predicted octanol–water partition coefficient (Wildman–Crippen LogP) is 5.74. The first-order valence-corrected chi connectivity index (χ1v) is 12.2. The quantitative estimate of drug-likeness (QED) is 0.380. The molecule has 0 spiro atoms. The van der Waals surface area contributed by atoms with Crippen LogP contribution in [0.2, 0.25) is 5.02 Å². The third-order valence-corrected chi connectivity index (χ3v) is 6.00. The molecule has 1 heterocycles. The van der Waals surface area contributed by atoms with Crippen molar-refractivity contribution in [2.75, 3.05) is 5.73 Å². The summed E-state index contributed by atoms with van der Waals surface area (Å²) in [5, 5.41) is 13.0. The molecule has 1 aromatic heterocycles. The molecule has 0 saturated heterocycles.